The molecule has 5 nitrogen and oxygen atoms in total. The van der Waals surface area contributed by atoms with E-state index in [1.165, 1.54) is 13.2 Å². The number of hydrogen-bond acceptors (Lipinski definition) is 4. The maximum absolute atomic E-state index is 11.2. The first kappa shape index (κ1) is 11.0. The molecule has 1 aromatic carbocycles. The highest BCUT2D eigenvalue weighted by atomic mass is 16.5. The van der Waals surface area contributed by atoms with E-state index in [0.717, 1.165) is 0 Å². The molecule has 0 saturated heterocycles. The average molecular weight is 209 g/mol. The van der Waals surface area contributed by atoms with Gasteiger partial charge in [-0.1, -0.05) is 12.1 Å². The van der Waals surface area contributed by atoms with E-state index in [2.05, 4.69) is 4.74 Å². The lowest BCUT2D eigenvalue weighted by Crippen LogP contribution is -2.10. The number of para-hydroxylation sites is 1. The number of methoxy groups -OCH3 is 1. The zero-order chi connectivity index (χ0) is 11.4. The van der Waals surface area contributed by atoms with Gasteiger partial charge in [0, 0.05) is 5.69 Å². The van der Waals surface area contributed by atoms with E-state index < -0.39 is 11.9 Å². The Morgan fingerprint density at radius 1 is 1.47 bits per heavy atom. The SMILES string of the molecule is COC(=O)c1cccc(CC(=O)O)c1N. The Morgan fingerprint density at radius 3 is 2.67 bits per heavy atom. The van der Waals surface area contributed by atoms with Gasteiger partial charge in [0.25, 0.3) is 0 Å². The van der Waals surface area contributed by atoms with Crippen molar-refractivity contribution >= 4 is 17.6 Å². The molecule has 3 N–H and O–H groups in total. The molecular formula is C10H11NO4. The van der Waals surface area contributed by atoms with E-state index in [9.17, 15) is 9.59 Å². The average Bonchev–Trinajstić information content (AvgIpc) is 2.19. The first-order chi connectivity index (χ1) is 7.06. The van der Waals surface area contributed by atoms with E-state index in [-0.39, 0.29) is 17.7 Å². The van der Waals surface area contributed by atoms with Crippen molar-refractivity contribution in [3.05, 3.63) is 29.3 Å². The van der Waals surface area contributed by atoms with Crippen molar-refractivity contribution in [1.29, 1.82) is 0 Å². The normalized spacial score (nSPS) is 9.67. The number of nitrogens with two attached hydrogens (primary N) is 1. The lowest BCUT2D eigenvalue weighted by Gasteiger charge is -2.07. The number of anilines is 1. The van der Waals surface area contributed by atoms with Crippen LogP contribution in [0.5, 0.6) is 0 Å². The third-order valence-electron chi connectivity index (χ3n) is 1.94. The first-order valence-corrected chi connectivity index (χ1v) is 4.23. The van der Waals surface area contributed by atoms with Gasteiger partial charge < -0.3 is 15.6 Å². The maximum atomic E-state index is 11.2. The number of nitrogen functional groups attached to an aromatic ring is 1. The zero-order valence-electron chi connectivity index (χ0n) is 8.19. The van der Waals surface area contributed by atoms with Crippen LogP contribution in [0.2, 0.25) is 0 Å². The number of hydrogen-bond donors (Lipinski definition) is 2. The Hall–Kier alpha value is -2.04. The summed E-state index contributed by atoms with van der Waals surface area (Å²) in [6, 6.07) is 4.63. The molecule has 0 aliphatic rings. The minimum absolute atomic E-state index is 0.159. The van der Waals surface area contributed by atoms with E-state index in [0.29, 0.717) is 5.56 Å². The number of esters is 1. The van der Waals surface area contributed by atoms with Crippen LogP contribution in [0.4, 0.5) is 5.69 Å². The number of aliphatic carboxylic acids is 1. The molecule has 1 aromatic rings. The topological polar surface area (TPSA) is 89.6 Å². The van der Waals surface area contributed by atoms with Crippen molar-refractivity contribution in [1.82, 2.24) is 0 Å². The Kier molecular flexibility index (Phi) is 3.28. The van der Waals surface area contributed by atoms with E-state index in [1.54, 1.807) is 12.1 Å². The van der Waals surface area contributed by atoms with Crippen molar-refractivity contribution in [2.45, 2.75) is 6.42 Å². The quantitative estimate of drug-likeness (QED) is 0.564. The summed E-state index contributed by atoms with van der Waals surface area (Å²) in [6.45, 7) is 0. The Balaban J connectivity index is 3.11. The summed E-state index contributed by atoms with van der Waals surface area (Å²) in [4.78, 5) is 21.7. The van der Waals surface area contributed by atoms with Gasteiger partial charge in [0.15, 0.2) is 0 Å². The smallest absolute Gasteiger partial charge is 0.339 e. The van der Waals surface area contributed by atoms with E-state index in [4.69, 9.17) is 10.8 Å². The van der Waals surface area contributed by atoms with Crippen LogP contribution >= 0.6 is 0 Å². The Labute approximate surface area is 86.5 Å². The summed E-state index contributed by atoms with van der Waals surface area (Å²) in [7, 11) is 1.24. The molecule has 0 fully saturated rings. The standard InChI is InChI=1S/C10H11NO4/c1-15-10(14)7-4-2-3-6(9(7)11)5-8(12)13/h2-4H,5,11H2,1H3,(H,12,13). The molecule has 0 bridgehead atoms. The number of carbonyl (C=O) groups is 2. The van der Waals surface area contributed by atoms with Crippen molar-refractivity contribution in [3.8, 4) is 0 Å². The highest BCUT2D eigenvalue weighted by Crippen LogP contribution is 2.18. The van der Waals surface area contributed by atoms with Gasteiger partial charge in [-0.05, 0) is 11.6 Å². The van der Waals surface area contributed by atoms with Crippen molar-refractivity contribution < 1.29 is 19.4 Å². The monoisotopic (exact) mass is 209 g/mol. The fourth-order valence-electron chi connectivity index (χ4n) is 1.22. The Bertz CT molecular complexity index is 400. The van der Waals surface area contributed by atoms with Crippen LogP contribution in [0.1, 0.15) is 15.9 Å². The number of carboxylic acids is 1. The number of rotatable bonds is 3. The number of ether oxygens (including phenoxy) is 1. The highest BCUT2D eigenvalue weighted by Gasteiger charge is 2.13. The molecule has 1 rings (SSSR count). The third kappa shape index (κ3) is 2.46. The molecule has 5 heteroatoms. The van der Waals surface area contributed by atoms with Crippen LogP contribution in [0, 0.1) is 0 Å². The predicted molar refractivity (Wildman–Crippen MR) is 53.5 cm³/mol. The second-order valence-corrected chi connectivity index (χ2v) is 2.94. The lowest BCUT2D eigenvalue weighted by molar-refractivity contribution is -0.136. The van der Waals surface area contributed by atoms with Crippen molar-refractivity contribution in [2.24, 2.45) is 0 Å². The van der Waals surface area contributed by atoms with Crippen LogP contribution < -0.4 is 5.73 Å². The second-order valence-electron chi connectivity index (χ2n) is 2.94. The molecule has 0 aliphatic carbocycles. The molecule has 0 saturated carbocycles. The van der Waals surface area contributed by atoms with Crippen molar-refractivity contribution in [3.63, 3.8) is 0 Å². The van der Waals surface area contributed by atoms with Crippen LogP contribution in [-0.4, -0.2) is 24.2 Å². The minimum atomic E-state index is -0.997. The lowest BCUT2D eigenvalue weighted by atomic mass is 10.0. The van der Waals surface area contributed by atoms with Crippen LogP contribution in [0.25, 0.3) is 0 Å². The molecule has 0 amide bonds. The second kappa shape index (κ2) is 4.45. The molecular weight excluding hydrogens is 198 g/mol. The Morgan fingerprint density at radius 2 is 2.13 bits per heavy atom. The molecule has 0 aliphatic heterocycles. The summed E-state index contributed by atoms with van der Waals surface area (Å²) in [5.74, 6) is -1.57. The number of carboxylic acid groups (broad SMARTS) is 1. The third-order valence-corrected chi connectivity index (χ3v) is 1.94. The van der Waals surface area contributed by atoms with Crippen LogP contribution in [0.3, 0.4) is 0 Å². The predicted octanol–water partition coefficient (Wildman–Crippen LogP) is 0.682. The molecule has 0 unspecified atom stereocenters. The first-order valence-electron chi connectivity index (χ1n) is 4.23. The number of carbonyl (C=O) groups excluding carboxylic acids is 1. The molecule has 15 heavy (non-hydrogen) atoms. The molecule has 0 atom stereocenters. The summed E-state index contributed by atoms with van der Waals surface area (Å²) in [5, 5.41) is 8.61. The molecule has 0 heterocycles. The van der Waals surface area contributed by atoms with Gasteiger partial charge in [-0.3, -0.25) is 4.79 Å². The zero-order valence-corrected chi connectivity index (χ0v) is 8.19. The molecule has 0 aromatic heterocycles. The summed E-state index contributed by atoms with van der Waals surface area (Å²) in [5.41, 5.74) is 6.40. The summed E-state index contributed by atoms with van der Waals surface area (Å²) in [6.07, 6.45) is -0.212. The van der Waals surface area contributed by atoms with Gasteiger partial charge in [-0.25, -0.2) is 4.79 Å². The molecule has 0 spiro atoms. The van der Waals surface area contributed by atoms with E-state index >= 15 is 0 Å². The largest absolute Gasteiger partial charge is 0.481 e. The maximum Gasteiger partial charge on any atom is 0.339 e. The number of benzene rings is 1. The molecule has 80 valence electrons. The minimum Gasteiger partial charge on any atom is -0.481 e. The van der Waals surface area contributed by atoms with Crippen LogP contribution in [0.15, 0.2) is 18.2 Å². The van der Waals surface area contributed by atoms with Crippen molar-refractivity contribution in [2.75, 3.05) is 12.8 Å². The fourth-order valence-corrected chi connectivity index (χ4v) is 1.22. The van der Waals surface area contributed by atoms with Crippen LogP contribution in [-0.2, 0) is 16.0 Å². The van der Waals surface area contributed by atoms with Gasteiger partial charge in [-0.2, -0.15) is 0 Å². The highest BCUT2D eigenvalue weighted by molar-refractivity contribution is 5.96. The van der Waals surface area contributed by atoms with Gasteiger partial charge in [-0.15, -0.1) is 0 Å². The summed E-state index contributed by atoms with van der Waals surface area (Å²) >= 11 is 0. The summed E-state index contributed by atoms with van der Waals surface area (Å²) < 4.78 is 4.51. The van der Waals surface area contributed by atoms with E-state index in [1.807, 2.05) is 0 Å². The molecule has 0 radical (unpaired) electrons. The van der Waals surface area contributed by atoms with Gasteiger partial charge >= 0.3 is 11.9 Å². The van der Waals surface area contributed by atoms with Gasteiger partial charge in [0.2, 0.25) is 0 Å². The fraction of sp³-hybridized carbons (Fsp3) is 0.200. The van der Waals surface area contributed by atoms with Gasteiger partial charge in [0.1, 0.15) is 0 Å². The van der Waals surface area contributed by atoms with Gasteiger partial charge in [0.05, 0.1) is 19.1 Å².